The minimum Gasteiger partial charge on any atom is -0.465 e. The van der Waals surface area contributed by atoms with Gasteiger partial charge in [-0.15, -0.1) is 11.3 Å². The number of nitrogen functional groups attached to an aromatic ring is 2. The Kier molecular flexibility index (Phi) is 4.01. The van der Waals surface area contributed by atoms with Crippen molar-refractivity contribution in [1.82, 2.24) is 4.98 Å². The number of rotatable bonds is 2. The average Bonchev–Trinajstić information content (AvgIpc) is 2.90. The first-order chi connectivity index (χ1) is 11.5. The molecule has 0 aliphatic rings. The summed E-state index contributed by atoms with van der Waals surface area (Å²) in [4.78, 5) is 16.8. The Morgan fingerprint density at radius 1 is 1.33 bits per heavy atom. The number of aromatic nitrogens is 1. The molecule has 0 fully saturated rings. The molecular weight excluding hydrogens is 348 g/mol. The molecule has 2 heterocycles. The van der Waals surface area contributed by atoms with Gasteiger partial charge in [-0.1, -0.05) is 23.7 Å². The zero-order valence-electron chi connectivity index (χ0n) is 12.5. The third-order valence-corrected chi connectivity index (χ3v) is 4.85. The van der Waals surface area contributed by atoms with Gasteiger partial charge in [0.25, 0.3) is 0 Å². The first kappa shape index (κ1) is 16.1. The highest BCUT2D eigenvalue weighted by Gasteiger charge is 2.24. The predicted molar refractivity (Wildman–Crippen MR) is 94.9 cm³/mol. The fourth-order valence-corrected chi connectivity index (χ4v) is 3.59. The molecule has 0 aliphatic carbocycles. The Balaban J connectivity index is 2.44. The average molecular weight is 359 g/mol. The molecule has 3 aromatic rings. The summed E-state index contributed by atoms with van der Waals surface area (Å²) in [6.07, 6.45) is 0. The normalized spacial score (nSPS) is 10.5. The molecule has 1 aromatic carbocycles. The van der Waals surface area contributed by atoms with Gasteiger partial charge in [-0.25, -0.2) is 9.78 Å². The van der Waals surface area contributed by atoms with Gasteiger partial charge in [-0.3, -0.25) is 0 Å². The number of hydrogen-bond acceptors (Lipinski definition) is 7. The van der Waals surface area contributed by atoms with Crippen LogP contribution in [0.4, 0.5) is 11.5 Å². The summed E-state index contributed by atoms with van der Waals surface area (Å²) in [5.41, 5.74) is 13.7. The quantitative estimate of drug-likeness (QED) is 0.678. The third kappa shape index (κ3) is 2.42. The van der Waals surface area contributed by atoms with Crippen molar-refractivity contribution in [2.45, 2.75) is 0 Å². The maximum absolute atomic E-state index is 11.9. The van der Waals surface area contributed by atoms with Crippen LogP contribution in [0.1, 0.15) is 15.2 Å². The highest BCUT2D eigenvalue weighted by atomic mass is 35.5. The van der Waals surface area contributed by atoms with E-state index in [1.165, 1.54) is 7.11 Å². The van der Waals surface area contributed by atoms with E-state index in [1.807, 2.05) is 0 Å². The fraction of sp³-hybridized carbons (Fsp3) is 0.0625. The minimum absolute atomic E-state index is 0.0765. The summed E-state index contributed by atoms with van der Waals surface area (Å²) in [6.45, 7) is 0. The first-order valence-electron chi connectivity index (χ1n) is 6.73. The van der Waals surface area contributed by atoms with E-state index in [2.05, 4.69) is 11.1 Å². The second-order valence-corrected chi connectivity index (χ2v) is 6.32. The lowest BCUT2D eigenvalue weighted by molar-refractivity contribution is 0.0607. The van der Waals surface area contributed by atoms with Gasteiger partial charge in [0.2, 0.25) is 0 Å². The van der Waals surface area contributed by atoms with Crippen LogP contribution in [0.3, 0.4) is 0 Å². The third-order valence-electron chi connectivity index (χ3n) is 3.52. The van der Waals surface area contributed by atoms with E-state index in [-0.39, 0.29) is 21.9 Å². The molecule has 0 unspecified atom stereocenters. The van der Waals surface area contributed by atoms with Crippen molar-refractivity contribution in [1.29, 1.82) is 5.26 Å². The Morgan fingerprint density at radius 3 is 2.58 bits per heavy atom. The topological polar surface area (TPSA) is 115 Å². The van der Waals surface area contributed by atoms with E-state index in [9.17, 15) is 10.1 Å². The van der Waals surface area contributed by atoms with Crippen LogP contribution in [0.5, 0.6) is 0 Å². The number of fused-ring (bicyclic) bond motifs is 1. The standard InChI is InChI=1S/C16H11ClN4O2S/c1-23-16(22)13-12(19)11-10(7-2-4-8(17)5-3-7)9(6-18)14(20)21-15(11)24-13/h2-5H,19H2,1H3,(H2,20,21). The first-order valence-corrected chi connectivity index (χ1v) is 7.93. The van der Waals surface area contributed by atoms with Gasteiger partial charge in [-0.05, 0) is 17.7 Å². The number of nitrogens with two attached hydrogens (primary N) is 2. The van der Waals surface area contributed by atoms with Gasteiger partial charge in [-0.2, -0.15) is 5.26 Å². The number of halogens is 1. The molecule has 0 saturated carbocycles. The molecule has 0 bridgehead atoms. The van der Waals surface area contributed by atoms with Gasteiger partial charge >= 0.3 is 5.97 Å². The molecule has 8 heteroatoms. The molecule has 6 nitrogen and oxygen atoms in total. The molecule has 0 spiro atoms. The maximum atomic E-state index is 11.9. The van der Waals surface area contributed by atoms with Crippen molar-refractivity contribution < 1.29 is 9.53 Å². The number of methoxy groups -OCH3 is 1. The molecule has 0 atom stereocenters. The van der Waals surface area contributed by atoms with E-state index in [0.717, 1.165) is 11.3 Å². The second-order valence-electron chi connectivity index (χ2n) is 4.88. The second kappa shape index (κ2) is 6.00. The number of benzene rings is 1. The lowest BCUT2D eigenvalue weighted by atomic mass is 9.97. The molecule has 3 rings (SSSR count). The van der Waals surface area contributed by atoms with Gasteiger partial charge in [0.05, 0.1) is 12.8 Å². The predicted octanol–water partition coefficient (Wildman–Crippen LogP) is 3.44. The zero-order valence-corrected chi connectivity index (χ0v) is 14.0. The van der Waals surface area contributed by atoms with E-state index >= 15 is 0 Å². The van der Waals surface area contributed by atoms with E-state index in [4.69, 9.17) is 27.8 Å². The van der Waals surface area contributed by atoms with Crippen LogP contribution in [-0.2, 0) is 4.74 Å². The summed E-state index contributed by atoms with van der Waals surface area (Å²) in [5, 5.41) is 10.6. The Bertz CT molecular complexity index is 1010. The van der Waals surface area contributed by atoms with Crippen LogP contribution < -0.4 is 11.5 Å². The number of anilines is 2. The highest BCUT2D eigenvalue weighted by Crippen LogP contribution is 2.42. The number of hydrogen-bond donors (Lipinski definition) is 2. The monoisotopic (exact) mass is 358 g/mol. The molecular formula is C16H11ClN4O2S. The van der Waals surface area contributed by atoms with Crippen LogP contribution >= 0.6 is 22.9 Å². The molecule has 0 aliphatic heterocycles. The van der Waals surface area contributed by atoms with Crippen LogP contribution in [0, 0.1) is 11.3 Å². The number of thiophene rings is 1. The number of carbonyl (C=O) groups is 1. The molecule has 2 aromatic heterocycles. The summed E-state index contributed by atoms with van der Waals surface area (Å²) in [7, 11) is 1.27. The van der Waals surface area contributed by atoms with Crippen LogP contribution in [0.2, 0.25) is 5.02 Å². The fourth-order valence-electron chi connectivity index (χ4n) is 2.43. The Labute approximate surface area is 146 Å². The Morgan fingerprint density at radius 2 is 2.00 bits per heavy atom. The van der Waals surface area contributed by atoms with Crippen molar-refractivity contribution in [3.63, 3.8) is 0 Å². The van der Waals surface area contributed by atoms with Crippen molar-refractivity contribution in [2.24, 2.45) is 0 Å². The number of esters is 1. The largest absolute Gasteiger partial charge is 0.465 e. The smallest absolute Gasteiger partial charge is 0.350 e. The van der Waals surface area contributed by atoms with Gasteiger partial charge in [0.1, 0.15) is 27.2 Å². The van der Waals surface area contributed by atoms with E-state index < -0.39 is 5.97 Å². The minimum atomic E-state index is -0.561. The SMILES string of the molecule is COC(=O)c1sc2nc(N)c(C#N)c(-c3ccc(Cl)cc3)c2c1N. The van der Waals surface area contributed by atoms with Crippen molar-refractivity contribution in [3.8, 4) is 17.2 Å². The van der Waals surface area contributed by atoms with Crippen molar-refractivity contribution >= 4 is 50.6 Å². The van der Waals surface area contributed by atoms with Crippen LogP contribution in [0.15, 0.2) is 24.3 Å². The molecule has 0 radical (unpaired) electrons. The summed E-state index contributed by atoms with van der Waals surface area (Å²) in [5.74, 6) is -0.484. The lowest BCUT2D eigenvalue weighted by Crippen LogP contribution is -2.02. The number of ether oxygens (including phenoxy) is 1. The molecule has 120 valence electrons. The molecule has 0 saturated heterocycles. The lowest BCUT2D eigenvalue weighted by Gasteiger charge is -2.09. The summed E-state index contributed by atoms with van der Waals surface area (Å²) < 4.78 is 4.74. The highest BCUT2D eigenvalue weighted by molar-refractivity contribution is 7.21. The Hall–Kier alpha value is -2.82. The molecule has 0 amide bonds. The van der Waals surface area contributed by atoms with E-state index in [1.54, 1.807) is 24.3 Å². The van der Waals surface area contributed by atoms with Crippen molar-refractivity contribution in [2.75, 3.05) is 18.6 Å². The van der Waals surface area contributed by atoms with Crippen LogP contribution in [0.25, 0.3) is 21.3 Å². The number of carbonyl (C=O) groups excluding carboxylic acids is 1. The number of nitrogens with zero attached hydrogens (tertiary/aromatic N) is 2. The number of nitriles is 1. The summed E-state index contributed by atoms with van der Waals surface area (Å²) in [6, 6.07) is 8.97. The van der Waals surface area contributed by atoms with Gasteiger partial charge < -0.3 is 16.2 Å². The van der Waals surface area contributed by atoms with Crippen LogP contribution in [-0.4, -0.2) is 18.1 Å². The molecule has 24 heavy (non-hydrogen) atoms. The number of pyridine rings is 1. The van der Waals surface area contributed by atoms with Gasteiger partial charge in [0.15, 0.2) is 0 Å². The van der Waals surface area contributed by atoms with E-state index in [0.29, 0.717) is 26.4 Å². The van der Waals surface area contributed by atoms with Gasteiger partial charge in [0, 0.05) is 16.0 Å². The van der Waals surface area contributed by atoms with Crippen molar-refractivity contribution in [3.05, 3.63) is 39.7 Å². The maximum Gasteiger partial charge on any atom is 0.350 e. The zero-order chi connectivity index (χ0) is 17.4. The molecule has 4 N–H and O–H groups in total. The summed E-state index contributed by atoms with van der Waals surface area (Å²) >= 11 is 7.01.